The van der Waals surface area contributed by atoms with Crippen molar-refractivity contribution in [2.45, 2.75) is 38.5 Å². The van der Waals surface area contributed by atoms with E-state index in [2.05, 4.69) is 17.2 Å². The molecule has 6 heteroatoms. The molecule has 0 heterocycles. The van der Waals surface area contributed by atoms with Gasteiger partial charge in [-0.1, -0.05) is 0 Å². The van der Waals surface area contributed by atoms with Crippen LogP contribution in [0, 0.1) is 29.6 Å². The Bertz CT molecular complexity index is 486. The fourth-order valence-corrected chi connectivity index (χ4v) is 3.01. The average Bonchev–Trinajstić information content (AvgIpc) is 3.10. The summed E-state index contributed by atoms with van der Waals surface area (Å²) >= 11 is 0. The zero-order valence-electron chi connectivity index (χ0n) is 12.5. The van der Waals surface area contributed by atoms with Gasteiger partial charge in [-0.05, 0) is 30.6 Å². The van der Waals surface area contributed by atoms with E-state index >= 15 is 0 Å². The average molecular weight is 307 g/mol. The van der Waals surface area contributed by atoms with E-state index in [0.29, 0.717) is 24.4 Å². The molecule has 1 saturated carbocycles. The smallest absolute Gasteiger partial charge is 0.407 e. The number of alkyl carbamates (subject to hydrolysis) is 1. The topological polar surface area (TPSA) is 92.7 Å². The normalized spacial score (nSPS) is 25.5. The minimum atomic E-state index is -1.02. The lowest BCUT2D eigenvalue weighted by molar-refractivity contribution is -0.138. The van der Waals surface area contributed by atoms with Gasteiger partial charge in [-0.2, -0.15) is 0 Å². The van der Waals surface area contributed by atoms with Crippen LogP contribution in [0.15, 0.2) is 0 Å². The molecule has 0 aromatic rings. The number of aliphatic carboxylic acids is 1. The van der Waals surface area contributed by atoms with Gasteiger partial charge in [-0.3, -0.25) is 9.59 Å². The zero-order valence-corrected chi connectivity index (χ0v) is 12.5. The van der Waals surface area contributed by atoms with Gasteiger partial charge in [0.25, 0.3) is 0 Å². The highest BCUT2D eigenvalue weighted by Gasteiger charge is 2.49. The molecule has 6 nitrogen and oxygen atoms in total. The van der Waals surface area contributed by atoms with Crippen molar-refractivity contribution in [3.05, 3.63) is 0 Å². The highest BCUT2D eigenvalue weighted by Crippen LogP contribution is 2.52. The molecule has 0 aromatic carbocycles. The predicted octanol–water partition coefficient (Wildman–Crippen LogP) is 1.59. The van der Waals surface area contributed by atoms with E-state index in [1.54, 1.807) is 0 Å². The number of hydrogen-bond donors (Lipinski definition) is 2. The van der Waals surface area contributed by atoms with E-state index in [1.807, 2.05) is 0 Å². The minimum absolute atomic E-state index is 0.0810. The second-order valence-electron chi connectivity index (χ2n) is 5.81. The number of amides is 1. The molecule has 1 amide bonds. The molecule has 2 N–H and O–H groups in total. The SMILES string of the molecule is O=C(O)CCC(=O)CNC(=O)OCC1[C@H]2CCC#CCC[C@@H]12. The lowest BCUT2D eigenvalue weighted by Gasteiger charge is -2.06. The molecule has 1 fully saturated rings. The first-order valence-electron chi connectivity index (χ1n) is 7.67. The third-order valence-corrected chi connectivity index (χ3v) is 4.29. The lowest BCUT2D eigenvalue weighted by Crippen LogP contribution is -2.30. The van der Waals surface area contributed by atoms with Crippen LogP contribution in [0.4, 0.5) is 4.79 Å². The Labute approximate surface area is 129 Å². The van der Waals surface area contributed by atoms with Crippen LogP contribution in [-0.4, -0.2) is 36.1 Å². The van der Waals surface area contributed by atoms with Gasteiger partial charge < -0.3 is 15.2 Å². The molecular weight excluding hydrogens is 286 g/mol. The lowest BCUT2D eigenvalue weighted by atomic mass is 10.1. The molecular formula is C16H21NO5. The van der Waals surface area contributed by atoms with Crippen LogP contribution in [0.25, 0.3) is 0 Å². The van der Waals surface area contributed by atoms with Crippen LogP contribution < -0.4 is 5.32 Å². The number of carbonyl (C=O) groups excluding carboxylic acids is 2. The molecule has 22 heavy (non-hydrogen) atoms. The number of carboxylic acids is 1. The van der Waals surface area contributed by atoms with E-state index in [4.69, 9.17) is 9.84 Å². The first kappa shape index (κ1) is 16.3. The largest absolute Gasteiger partial charge is 0.481 e. The molecule has 0 bridgehead atoms. The van der Waals surface area contributed by atoms with Crippen LogP contribution in [0.2, 0.25) is 0 Å². The highest BCUT2D eigenvalue weighted by atomic mass is 16.5. The van der Waals surface area contributed by atoms with Crippen molar-refractivity contribution in [3.8, 4) is 11.8 Å². The maximum Gasteiger partial charge on any atom is 0.407 e. The quantitative estimate of drug-likeness (QED) is 0.697. The first-order valence-corrected chi connectivity index (χ1v) is 7.67. The number of Topliss-reactive ketones (excluding diaryl/α,β-unsaturated/α-hetero) is 1. The van der Waals surface area contributed by atoms with E-state index in [1.165, 1.54) is 0 Å². The Balaban J connectivity index is 1.59. The standard InChI is InChI=1S/C16H21NO5/c18-11(7-8-15(19)20)9-17-16(21)22-10-14-12-5-3-1-2-4-6-13(12)14/h12-14H,3-10H2,(H,17,21)(H,19,20)/t12-,13+,14?. The van der Waals surface area contributed by atoms with E-state index in [0.717, 1.165) is 25.7 Å². The van der Waals surface area contributed by atoms with Gasteiger partial charge >= 0.3 is 12.1 Å². The second-order valence-corrected chi connectivity index (χ2v) is 5.81. The van der Waals surface area contributed by atoms with Crippen LogP contribution in [0.1, 0.15) is 38.5 Å². The summed E-state index contributed by atoms with van der Waals surface area (Å²) in [5, 5.41) is 10.8. The maximum atomic E-state index is 11.5. The highest BCUT2D eigenvalue weighted by molar-refractivity contribution is 5.86. The van der Waals surface area contributed by atoms with E-state index in [9.17, 15) is 14.4 Å². The van der Waals surface area contributed by atoms with Crippen molar-refractivity contribution in [1.82, 2.24) is 5.32 Å². The molecule has 1 unspecified atom stereocenters. The Hall–Kier alpha value is -2.03. The van der Waals surface area contributed by atoms with Crippen LogP contribution in [-0.2, 0) is 14.3 Å². The monoisotopic (exact) mass is 307 g/mol. The van der Waals surface area contributed by atoms with Gasteiger partial charge in [0.15, 0.2) is 5.78 Å². The van der Waals surface area contributed by atoms with E-state index in [-0.39, 0.29) is 25.2 Å². The molecule has 120 valence electrons. The predicted molar refractivity (Wildman–Crippen MR) is 77.9 cm³/mol. The number of carbonyl (C=O) groups is 3. The molecule has 0 spiro atoms. The summed E-state index contributed by atoms with van der Waals surface area (Å²) in [7, 11) is 0. The summed E-state index contributed by atoms with van der Waals surface area (Å²) in [6, 6.07) is 0. The Kier molecular flexibility index (Phi) is 5.82. The van der Waals surface area contributed by atoms with Gasteiger partial charge in [-0.25, -0.2) is 4.79 Å². The molecule has 2 aliphatic rings. The van der Waals surface area contributed by atoms with Crippen molar-refractivity contribution in [3.63, 3.8) is 0 Å². The number of rotatable bonds is 7. The van der Waals surface area contributed by atoms with Crippen LogP contribution >= 0.6 is 0 Å². The molecule has 0 aliphatic heterocycles. The van der Waals surface area contributed by atoms with Gasteiger partial charge in [0.05, 0.1) is 19.6 Å². The van der Waals surface area contributed by atoms with Crippen molar-refractivity contribution in [2.24, 2.45) is 17.8 Å². The number of ketones is 1. The van der Waals surface area contributed by atoms with E-state index < -0.39 is 12.1 Å². The maximum absolute atomic E-state index is 11.5. The summed E-state index contributed by atoms with van der Waals surface area (Å²) in [4.78, 5) is 33.2. The number of ether oxygens (including phenoxy) is 1. The number of nitrogens with one attached hydrogen (secondary N) is 1. The van der Waals surface area contributed by atoms with Crippen molar-refractivity contribution >= 4 is 17.8 Å². The molecule has 0 aromatic heterocycles. The Morgan fingerprint density at radius 2 is 1.73 bits per heavy atom. The summed E-state index contributed by atoms with van der Waals surface area (Å²) in [5.41, 5.74) is 0. The number of carboxylic acid groups (broad SMARTS) is 1. The number of fused-ring (bicyclic) bond motifs is 1. The first-order chi connectivity index (χ1) is 10.6. The minimum Gasteiger partial charge on any atom is -0.481 e. The van der Waals surface area contributed by atoms with Crippen molar-refractivity contribution < 1.29 is 24.2 Å². The number of hydrogen-bond acceptors (Lipinski definition) is 4. The van der Waals surface area contributed by atoms with Crippen LogP contribution in [0.5, 0.6) is 0 Å². The third kappa shape index (κ3) is 5.06. The molecule has 0 saturated heterocycles. The summed E-state index contributed by atoms with van der Waals surface area (Å²) in [5.74, 6) is 6.56. The molecule has 0 radical (unpaired) electrons. The fourth-order valence-electron chi connectivity index (χ4n) is 3.01. The van der Waals surface area contributed by atoms with Gasteiger partial charge in [-0.15, -0.1) is 11.8 Å². The van der Waals surface area contributed by atoms with Gasteiger partial charge in [0.2, 0.25) is 0 Å². The van der Waals surface area contributed by atoms with Crippen molar-refractivity contribution in [1.29, 1.82) is 0 Å². The van der Waals surface area contributed by atoms with Crippen molar-refractivity contribution in [2.75, 3.05) is 13.2 Å². The van der Waals surface area contributed by atoms with Crippen LogP contribution in [0.3, 0.4) is 0 Å². The molecule has 3 atom stereocenters. The Morgan fingerprint density at radius 1 is 1.09 bits per heavy atom. The van der Waals surface area contributed by atoms with Gasteiger partial charge in [0.1, 0.15) is 0 Å². The second kappa shape index (κ2) is 7.83. The molecule has 2 aliphatic carbocycles. The summed E-state index contributed by atoms with van der Waals surface area (Å²) < 4.78 is 5.16. The van der Waals surface area contributed by atoms with Gasteiger partial charge in [0, 0.05) is 19.3 Å². The fraction of sp³-hybridized carbons (Fsp3) is 0.688. The Morgan fingerprint density at radius 3 is 2.32 bits per heavy atom. The zero-order chi connectivity index (χ0) is 15.9. The third-order valence-electron chi connectivity index (χ3n) is 4.29. The molecule has 2 rings (SSSR count). The summed E-state index contributed by atoms with van der Waals surface area (Å²) in [6.45, 7) is 0.196. The summed E-state index contributed by atoms with van der Waals surface area (Å²) in [6.07, 6.45) is 3.07.